The minimum atomic E-state index is 0.597. The van der Waals surface area contributed by atoms with Crippen molar-refractivity contribution in [3.63, 3.8) is 0 Å². The minimum Gasteiger partial charge on any atom is -0.497 e. The van der Waals surface area contributed by atoms with Gasteiger partial charge in [-0.15, -0.1) is 0 Å². The number of methoxy groups -OCH3 is 3. The number of nitrogens with zero attached hydrogens (tertiary/aromatic N) is 3. The van der Waals surface area contributed by atoms with Crippen LogP contribution in [-0.2, 0) is 6.54 Å². The highest BCUT2D eigenvalue weighted by Crippen LogP contribution is 2.40. The monoisotopic (exact) mass is 407 g/mol. The van der Waals surface area contributed by atoms with Gasteiger partial charge in [-0.2, -0.15) is 0 Å². The summed E-state index contributed by atoms with van der Waals surface area (Å²) in [5.41, 5.74) is 2.86. The first-order valence-corrected chi connectivity index (χ1v) is 9.87. The molecule has 0 fully saturated rings. The molecule has 7 heteroatoms. The summed E-state index contributed by atoms with van der Waals surface area (Å²) >= 11 is 1.54. The van der Waals surface area contributed by atoms with Gasteiger partial charge in [0.2, 0.25) is 0 Å². The molecule has 4 aromatic rings. The molecular formula is C22H21N3O3S. The van der Waals surface area contributed by atoms with E-state index in [0.717, 1.165) is 38.2 Å². The van der Waals surface area contributed by atoms with E-state index in [2.05, 4.69) is 16.0 Å². The van der Waals surface area contributed by atoms with Crippen molar-refractivity contribution in [2.45, 2.75) is 6.54 Å². The molecule has 29 heavy (non-hydrogen) atoms. The van der Waals surface area contributed by atoms with E-state index in [9.17, 15) is 0 Å². The highest BCUT2D eigenvalue weighted by atomic mass is 32.1. The van der Waals surface area contributed by atoms with Crippen LogP contribution in [0, 0.1) is 0 Å². The molecule has 2 heterocycles. The van der Waals surface area contributed by atoms with E-state index in [4.69, 9.17) is 19.2 Å². The molecule has 0 bridgehead atoms. The van der Waals surface area contributed by atoms with E-state index in [1.807, 2.05) is 48.5 Å². The molecule has 0 amide bonds. The number of hydrogen-bond acceptors (Lipinski definition) is 7. The Morgan fingerprint density at radius 1 is 0.897 bits per heavy atom. The summed E-state index contributed by atoms with van der Waals surface area (Å²) in [6.07, 6.45) is 1.78. The van der Waals surface area contributed by atoms with E-state index in [-0.39, 0.29) is 0 Å². The molecule has 4 rings (SSSR count). The summed E-state index contributed by atoms with van der Waals surface area (Å²) in [7, 11) is 4.96. The van der Waals surface area contributed by atoms with E-state index in [1.54, 1.807) is 38.9 Å². The van der Waals surface area contributed by atoms with Gasteiger partial charge >= 0.3 is 0 Å². The number of aromatic nitrogens is 2. The van der Waals surface area contributed by atoms with E-state index in [0.29, 0.717) is 12.3 Å². The maximum absolute atomic E-state index is 5.66. The van der Waals surface area contributed by atoms with Crippen LogP contribution >= 0.6 is 11.3 Å². The Morgan fingerprint density at radius 2 is 1.72 bits per heavy atom. The second kappa shape index (κ2) is 8.36. The second-order valence-corrected chi connectivity index (χ2v) is 7.26. The van der Waals surface area contributed by atoms with Gasteiger partial charge in [0, 0.05) is 12.3 Å². The van der Waals surface area contributed by atoms with Crippen molar-refractivity contribution in [1.82, 2.24) is 9.97 Å². The van der Waals surface area contributed by atoms with Crippen LogP contribution in [0.15, 0.2) is 60.8 Å². The number of benzene rings is 2. The molecule has 0 N–H and O–H groups in total. The first kappa shape index (κ1) is 19.0. The van der Waals surface area contributed by atoms with Crippen molar-refractivity contribution in [1.29, 1.82) is 0 Å². The van der Waals surface area contributed by atoms with Gasteiger partial charge in [-0.25, -0.2) is 9.97 Å². The minimum absolute atomic E-state index is 0.597. The highest BCUT2D eigenvalue weighted by molar-refractivity contribution is 7.21. The molecule has 2 aromatic heterocycles. The third-order valence-corrected chi connectivity index (χ3v) is 5.54. The number of ether oxygens (including phenoxy) is 3. The van der Waals surface area contributed by atoms with Crippen molar-refractivity contribution < 1.29 is 14.2 Å². The van der Waals surface area contributed by atoms with E-state index in [1.165, 1.54) is 0 Å². The maximum Gasteiger partial charge on any atom is 0.192 e. The molecule has 6 nitrogen and oxygen atoms in total. The lowest BCUT2D eigenvalue weighted by atomic mass is 10.2. The van der Waals surface area contributed by atoms with Crippen LogP contribution in [0.25, 0.3) is 10.3 Å². The molecule has 0 aliphatic carbocycles. The number of thiazole rings is 1. The van der Waals surface area contributed by atoms with Gasteiger partial charge in [0.15, 0.2) is 5.13 Å². The van der Waals surface area contributed by atoms with Crippen LogP contribution < -0.4 is 19.1 Å². The van der Waals surface area contributed by atoms with Crippen LogP contribution in [0.1, 0.15) is 5.56 Å². The summed E-state index contributed by atoms with van der Waals surface area (Å²) in [4.78, 5) is 12.3. The van der Waals surface area contributed by atoms with Gasteiger partial charge in [-0.05, 0) is 42.0 Å². The first-order chi connectivity index (χ1) is 14.2. The summed E-state index contributed by atoms with van der Waals surface area (Å²) in [5.74, 6) is 2.26. The van der Waals surface area contributed by atoms with Crippen molar-refractivity contribution in [3.05, 3.63) is 66.4 Å². The molecule has 0 radical (unpaired) electrons. The fourth-order valence-electron chi connectivity index (χ4n) is 3.09. The normalized spacial score (nSPS) is 10.7. The molecule has 0 atom stereocenters. The standard InChI is InChI=1S/C22H21N3O3S/c1-26-16-7-4-6-15(12-16)14-25(19-10-9-17(27-2)13-20(19)28-3)22-24-18-8-5-11-23-21(18)29-22/h4-13H,14H2,1-3H3. The zero-order valence-electron chi connectivity index (χ0n) is 16.5. The average molecular weight is 407 g/mol. The van der Waals surface area contributed by atoms with Crippen molar-refractivity contribution in [2.24, 2.45) is 0 Å². The lowest BCUT2D eigenvalue weighted by molar-refractivity contribution is 0.394. The lowest BCUT2D eigenvalue weighted by Gasteiger charge is -2.24. The topological polar surface area (TPSA) is 56.7 Å². The predicted octanol–water partition coefficient (Wildman–Crippen LogP) is 5.06. The quantitative estimate of drug-likeness (QED) is 0.427. The van der Waals surface area contributed by atoms with Gasteiger partial charge in [-0.1, -0.05) is 23.5 Å². The zero-order valence-corrected chi connectivity index (χ0v) is 17.3. The Labute approximate surface area is 173 Å². The fourth-order valence-corrected chi connectivity index (χ4v) is 4.01. The molecule has 0 saturated carbocycles. The Balaban J connectivity index is 1.82. The molecule has 148 valence electrons. The van der Waals surface area contributed by atoms with Crippen LogP contribution in [0.3, 0.4) is 0 Å². The van der Waals surface area contributed by atoms with Gasteiger partial charge in [0.05, 0.1) is 33.6 Å². The Bertz CT molecular complexity index is 1100. The van der Waals surface area contributed by atoms with Crippen LogP contribution in [-0.4, -0.2) is 31.3 Å². The molecule has 0 saturated heterocycles. The van der Waals surface area contributed by atoms with E-state index >= 15 is 0 Å². The van der Waals surface area contributed by atoms with E-state index < -0.39 is 0 Å². The van der Waals surface area contributed by atoms with Gasteiger partial charge < -0.3 is 19.1 Å². The molecule has 2 aromatic carbocycles. The van der Waals surface area contributed by atoms with Gasteiger partial charge in [-0.3, -0.25) is 0 Å². The van der Waals surface area contributed by atoms with Gasteiger partial charge in [0.25, 0.3) is 0 Å². The summed E-state index contributed by atoms with van der Waals surface area (Å²) < 4.78 is 16.4. The fraction of sp³-hybridized carbons (Fsp3) is 0.182. The Kier molecular flexibility index (Phi) is 5.48. The first-order valence-electron chi connectivity index (χ1n) is 9.06. The third-order valence-electron chi connectivity index (χ3n) is 4.54. The largest absolute Gasteiger partial charge is 0.497 e. The van der Waals surface area contributed by atoms with Crippen molar-refractivity contribution >= 4 is 32.5 Å². The lowest BCUT2D eigenvalue weighted by Crippen LogP contribution is -2.17. The van der Waals surface area contributed by atoms with Crippen molar-refractivity contribution in [3.8, 4) is 17.2 Å². The number of anilines is 2. The smallest absolute Gasteiger partial charge is 0.192 e. The summed E-state index contributed by atoms with van der Waals surface area (Å²) in [5, 5.41) is 0.838. The van der Waals surface area contributed by atoms with Crippen LogP contribution in [0.4, 0.5) is 10.8 Å². The Hall–Kier alpha value is -3.32. The highest BCUT2D eigenvalue weighted by Gasteiger charge is 2.20. The van der Waals surface area contributed by atoms with Crippen LogP contribution in [0.5, 0.6) is 17.2 Å². The molecule has 0 aliphatic rings. The Morgan fingerprint density at radius 3 is 2.48 bits per heavy atom. The molecule has 0 spiro atoms. The molecule has 0 unspecified atom stereocenters. The SMILES string of the molecule is COc1cccc(CN(c2nc3cccnc3s2)c2ccc(OC)cc2OC)c1. The zero-order chi connectivity index (χ0) is 20.2. The molecule has 0 aliphatic heterocycles. The van der Waals surface area contributed by atoms with Crippen molar-refractivity contribution in [2.75, 3.05) is 26.2 Å². The molecular weight excluding hydrogens is 386 g/mol. The number of fused-ring (bicyclic) bond motifs is 1. The second-order valence-electron chi connectivity index (χ2n) is 6.30. The average Bonchev–Trinajstić information content (AvgIpc) is 3.21. The number of hydrogen-bond donors (Lipinski definition) is 0. The summed E-state index contributed by atoms with van der Waals surface area (Å²) in [6.45, 7) is 0.597. The number of pyridine rings is 1. The summed E-state index contributed by atoms with van der Waals surface area (Å²) in [6, 6.07) is 17.6. The third kappa shape index (κ3) is 3.95. The van der Waals surface area contributed by atoms with Crippen LogP contribution in [0.2, 0.25) is 0 Å². The maximum atomic E-state index is 5.66. The number of rotatable bonds is 7. The predicted molar refractivity (Wildman–Crippen MR) is 116 cm³/mol. The van der Waals surface area contributed by atoms with Gasteiger partial charge in [0.1, 0.15) is 27.6 Å².